The van der Waals surface area contributed by atoms with Crippen LogP contribution in [0.15, 0.2) is 29.3 Å². The molecular formula is C16H22N4O2. The minimum Gasteiger partial charge on any atom is -0.351 e. The summed E-state index contributed by atoms with van der Waals surface area (Å²) in [5, 5.41) is 3.15. The summed E-state index contributed by atoms with van der Waals surface area (Å²) in [5.41, 5.74) is -0.174. The number of piperidine rings is 1. The number of H-pyrrole nitrogens is 1. The minimum absolute atomic E-state index is 0.0913. The van der Waals surface area contributed by atoms with E-state index in [9.17, 15) is 9.59 Å². The number of hydrogen-bond acceptors (Lipinski definition) is 4. The highest BCUT2D eigenvalue weighted by atomic mass is 16.2. The number of allylic oxidation sites excluding steroid dienone is 2. The molecule has 1 aromatic heterocycles. The summed E-state index contributed by atoms with van der Waals surface area (Å²) >= 11 is 0. The van der Waals surface area contributed by atoms with Crippen molar-refractivity contribution in [2.45, 2.75) is 38.1 Å². The van der Waals surface area contributed by atoms with Gasteiger partial charge in [-0.05, 0) is 32.1 Å². The quantitative estimate of drug-likeness (QED) is 0.823. The van der Waals surface area contributed by atoms with Crippen LogP contribution >= 0.6 is 0 Å². The van der Waals surface area contributed by atoms with Crippen LogP contribution in [-0.2, 0) is 4.79 Å². The molecule has 22 heavy (non-hydrogen) atoms. The molecule has 118 valence electrons. The van der Waals surface area contributed by atoms with Crippen molar-refractivity contribution in [3.8, 4) is 0 Å². The maximum atomic E-state index is 12.3. The molecule has 2 heterocycles. The molecule has 1 aliphatic heterocycles. The van der Waals surface area contributed by atoms with Crippen molar-refractivity contribution in [2.24, 2.45) is 5.92 Å². The van der Waals surface area contributed by atoms with Crippen molar-refractivity contribution in [2.75, 3.05) is 18.0 Å². The summed E-state index contributed by atoms with van der Waals surface area (Å²) in [6, 6.07) is 0.0913. The number of nitrogens with one attached hydrogen (secondary N) is 2. The van der Waals surface area contributed by atoms with Crippen LogP contribution in [0.5, 0.6) is 0 Å². The fourth-order valence-corrected chi connectivity index (χ4v) is 3.21. The Morgan fingerprint density at radius 2 is 2.27 bits per heavy atom. The number of rotatable bonds is 3. The molecule has 0 aromatic carbocycles. The molecule has 6 heteroatoms. The van der Waals surface area contributed by atoms with Crippen LogP contribution in [0.25, 0.3) is 0 Å². The van der Waals surface area contributed by atoms with Crippen molar-refractivity contribution in [1.82, 2.24) is 15.3 Å². The zero-order chi connectivity index (χ0) is 15.4. The Morgan fingerprint density at radius 3 is 3.05 bits per heavy atom. The van der Waals surface area contributed by atoms with E-state index in [1.807, 2.05) is 4.90 Å². The number of anilines is 1. The smallest absolute Gasteiger partial charge is 0.290 e. The summed E-state index contributed by atoms with van der Waals surface area (Å²) in [6.45, 7) is 1.45. The van der Waals surface area contributed by atoms with Crippen LogP contribution in [0, 0.1) is 5.92 Å². The average molecular weight is 302 g/mol. The monoisotopic (exact) mass is 302 g/mol. The Kier molecular flexibility index (Phi) is 4.56. The van der Waals surface area contributed by atoms with Crippen LogP contribution in [0.4, 0.5) is 5.82 Å². The number of carbonyl (C=O) groups is 1. The molecular weight excluding hydrogens is 280 g/mol. The highest BCUT2D eigenvalue weighted by Crippen LogP contribution is 2.20. The first-order valence-electron chi connectivity index (χ1n) is 7.98. The maximum Gasteiger partial charge on any atom is 0.290 e. The molecule has 1 fully saturated rings. The lowest BCUT2D eigenvalue weighted by Gasteiger charge is -2.34. The van der Waals surface area contributed by atoms with Gasteiger partial charge in [0.25, 0.3) is 5.56 Å². The van der Waals surface area contributed by atoms with Crippen LogP contribution in [-0.4, -0.2) is 35.0 Å². The summed E-state index contributed by atoms with van der Waals surface area (Å²) in [4.78, 5) is 33.0. The fourth-order valence-electron chi connectivity index (χ4n) is 3.21. The van der Waals surface area contributed by atoms with E-state index in [0.29, 0.717) is 12.4 Å². The zero-order valence-electron chi connectivity index (χ0n) is 12.6. The molecule has 1 aromatic rings. The first kappa shape index (κ1) is 14.8. The summed E-state index contributed by atoms with van der Waals surface area (Å²) in [7, 11) is 0. The topological polar surface area (TPSA) is 78.1 Å². The Bertz CT molecular complexity index is 610. The Hall–Kier alpha value is -2.11. The third kappa shape index (κ3) is 3.37. The molecule has 1 amide bonds. The van der Waals surface area contributed by atoms with E-state index >= 15 is 0 Å². The SMILES string of the molecule is O=C(N[C@@H]1CCCN(c2ncc[nH]c2=O)C1)[C@@H]1CC=CCC1. The molecule has 0 unspecified atom stereocenters. The first-order chi connectivity index (χ1) is 10.7. The second-order valence-electron chi connectivity index (χ2n) is 6.02. The molecule has 6 nitrogen and oxygen atoms in total. The van der Waals surface area contributed by atoms with E-state index in [-0.39, 0.29) is 23.4 Å². The largest absolute Gasteiger partial charge is 0.351 e. The van der Waals surface area contributed by atoms with Crippen molar-refractivity contribution in [1.29, 1.82) is 0 Å². The number of nitrogens with zero attached hydrogens (tertiary/aromatic N) is 2. The van der Waals surface area contributed by atoms with Gasteiger partial charge in [0.2, 0.25) is 5.91 Å². The van der Waals surface area contributed by atoms with Crippen LogP contribution in [0.1, 0.15) is 32.1 Å². The number of aromatic amines is 1. The number of aromatic nitrogens is 2. The van der Waals surface area contributed by atoms with Crippen molar-refractivity contribution >= 4 is 11.7 Å². The highest BCUT2D eigenvalue weighted by Gasteiger charge is 2.26. The third-order valence-electron chi connectivity index (χ3n) is 4.40. The van der Waals surface area contributed by atoms with Gasteiger partial charge in [-0.3, -0.25) is 9.59 Å². The van der Waals surface area contributed by atoms with E-state index in [0.717, 1.165) is 38.6 Å². The average Bonchev–Trinajstić information content (AvgIpc) is 2.56. The van der Waals surface area contributed by atoms with Crippen LogP contribution in [0.2, 0.25) is 0 Å². The standard InChI is InChI=1S/C16H22N4O2/c21-15(12-5-2-1-3-6-12)19-13-7-4-10-20(11-13)14-16(22)18-9-8-17-14/h1-2,8-9,12-13H,3-7,10-11H2,(H,18,22)(H,19,21)/t12-,13-/m1/s1. The third-order valence-corrected chi connectivity index (χ3v) is 4.40. The van der Waals surface area contributed by atoms with Gasteiger partial charge >= 0.3 is 0 Å². The molecule has 0 saturated carbocycles. The lowest BCUT2D eigenvalue weighted by Crippen LogP contribution is -2.50. The number of amides is 1. The predicted molar refractivity (Wildman–Crippen MR) is 84.7 cm³/mol. The van der Waals surface area contributed by atoms with Gasteiger partial charge in [-0.25, -0.2) is 4.98 Å². The normalized spacial score (nSPS) is 25.0. The van der Waals surface area contributed by atoms with Gasteiger partial charge in [-0.1, -0.05) is 12.2 Å². The Balaban J connectivity index is 1.61. The van der Waals surface area contributed by atoms with Crippen molar-refractivity contribution in [3.05, 3.63) is 34.9 Å². The number of carbonyl (C=O) groups excluding carboxylic acids is 1. The van der Waals surface area contributed by atoms with Crippen molar-refractivity contribution < 1.29 is 4.79 Å². The molecule has 1 saturated heterocycles. The van der Waals surface area contributed by atoms with Gasteiger partial charge in [0.1, 0.15) is 0 Å². The molecule has 0 radical (unpaired) electrons. The predicted octanol–water partition coefficient (Wildman–Crippen LogP) is 1.21. The van der Waals surface area contributed by atoms with Crippen LogP contribution in [0.3, 0.4) is 0 Å². The molecule has 2 atom stereocenters. The minimum atomic E-state index is -0.174. The maximum absolute atomic E-state index is 12.3. The van der Waals surface area contributed by atoms with E-state index in [1.165, 1.54) is 6.20 Å². The van der Waals surface area contributed by atoms with Gasteiger partial charge in [0.05, 0.1) is 0 Å². The van der Waals surface area contributed by atoms with E-state index in [1.54, 1.807) is 6.20 Å². The molecule has 0 bridgehead atoms. The lowest BCUT2D eigenvalue weighted by molar-refractivity contribution is -0.126. The second-order valence-corrected chi connectivity index (χ2v) is 6.02. The lowest BCUT2D eigenvalue weighted by atomic mass is 9.93. The van der Waals surface area contributed by atoms with E-state index < -0.39 is 0 Å². The molecule has 2 aliphatic rings. The van der Waals surface area contributed by atoms with Crippen LogP contribution < -0.4 is 15.8 Å². The van der Waals surface area contributed by atoms with Crippen molar-refractivity contribution in [3.63, 3.8) is 0 Å². The summed E-state index contributed by atoms with van der Waals surface area (Å²) < 4.78 is 0. The Morgan fingerprint density at radius 1 is 1.36 bits per heavy atom. The van der Waals surface area contributed by atoms with E-state index in [2.05, 4.69) is 27.4 Å². The molecule has 3 rings (SSSR count). The second kappa shape index (κ2) is 6.77. The van der Waals surface area contributed by atoms with Gasteiger partial charge in [0.15, 0.2) is 5.82 Å². The van der Waals surface area contributed by atoms with Gasteiger partial charge < -0.3 is 15.2 Å². The van der Waals surface area contributed by atoms with Gasteiger partial charge in [-0.15, -0.1) is 0 Å². The number of hydrogen-bond donors (Lipinski definition) is 2. The van der Waals surface area contributed by atoms with E-state index in [4.69, 9.17) is 0 Å². The fraction of sp³-hybridized carbons (Fsp3) is 0.562. The van der Waals surface area contributed by atoms with Gasteiger partial charge in [-0.2, -0.15) is 0 Å². The summed E-state index contributed by atoms with van der Waals surface area (Å²) in [5.74, 6) is 0.687. The molecule has 0 spiro atoms. The Labute approximate surface area is 129 Å². The zero-order valence-corrected chi connectivity index (χ0v) is 12.6. The molecule has 2 N–H and O–H groups in total. The molecule has 1 aliphatic carbocycles. The first-order valence-corrected chi connectivity index (χ1v) is 7.98. The summed E-state index contributed by atoms with van der Waals surface area (Å²) in [6.07, 6.45) is 12.0. The highest BCUT2D eigenvalue weighted by molar-refractivity contribution is 5.79. The van der Waals surface area contributed by atoms with Gasteiger partial charge in [0, 0.05) is 37.4 Å².